The van der Waals surface area contributed by atoms with E-state index in [1.54, 1.807) is 19.2 Å². The lowest BCUT2D eigenvalue weighted by Crippen LogP contribution is -2.20. The second-order valence-corrected chi connectivity index (χ2v) is 4.49. The van der Waals surface area contributed by atoms with Crippen molar-refractivity contribution in [2.24, 2.45) is 0 Å². The van der Waals surface area contributed by atoms with Crippen molar-refractivity contribution in [3.05, 3.63) is 65.0 Å². The van der Waals surface area contributed by atoms with E-state index < -0.39 is 0 Å². The maximum atomic E-state index is 14.1. The van der Waals surface area contributed by atoms with Gasteiger partial charge in [-0.15, -0.1) is 0 Å². The minimum absolute atomic E-state index is 0.226. The third kappa shape index (κ3) is 2.76. The first kappa shape index (κ1) is 13.6. The number of ether oxygens (including phenoxy) is 1. The molecular weight excluding hydrogens is 241 g/mol. The molecule has 1 unspecified atom stereocenters. The predicted octanol–water partition coefficient (Wildman–Crippen LogP) is 3.45. The number of halogens is 1. The second kappa shape index (κ2) is 5.85. The molecule has 2 nitrogen and oxygen atoms in total. The van der Waals surface area contributed by atoms with Crippen molar-refractivity contribution < 1.29 is 9.13 Å². The zero-order valence-electron chi connectivity index (χ0n) is 11.4. The summed E-state index contributed by atoms with van der Waals surface area (Å²) in [7, 11) is 3.38. The minimum atomic E-state index is -0.264. The molecule has 0 aliphatic carbocycles. The molecule has 0 fully saturated rings. The van der Waals surface area contributed by atoms with Crippen LogP contribution in [0.25, 0.3) is 0 Å². The number of methoxy groups -OCH3 is 1. The molecule has 2 aromatic carbocycles. The topological polar surface area (TPSA) is 21.3 Å². The van der Waals surface area contributed by atoms with Crippen LogP contribution >= 0.6 is 0 Å². The van der Waals surface area contributed by atoms with Crippen LogP contribution in [0.5, 0.6) is 5.75 Å². The molecule has 100 valence electrons. The molecule has 0 aliphatic rings. The molecule has 0 saturated heterocycles. The van der Waals surface area contributed by atoms with Crippen LogP contribution in [-0.4, -0.2) is 14.2 Å². The maximum Gasteiger partial charge on any atom is 0.132 e. The fraction of sp³-hybridized carbons (Fsp3) is 0.250. The number of hydrogen-bond acceptors (Lipinski definition) is 2. The van der Waals surface area contributed by atoms with Crippen LogP contribution < -0.4 is 10.1 Å². The van der Waals surface area contributed by atoms with E-state index in [1.807, 2.05) is 38.2 Å². The zero-order chi connectivity index (χ0) is 13.8. The van der Waals surface area contributed by atoms with Crippen LogP contribution in [0.4, 0.5) is 4.39 Å². The quantitative estimate of drug-likeness (QED) is 0.908. The Morgan fingerprint density at radius 3 is 2.53 bits per heavy atom. The van der Waals surface area contributed by atoms with Crippen LogP contribution in [0.2, 0.25) is 0 Å². The Morgan fingerprint density at radius 1 is 1.16 bits per heavy atom. The van der Waals surface area contributed by atoms with Gasteiger partial charge in [0, 0.05) is 0 Å². The van der Waals surface area contributed by atoms with E-state index in [0.29, 0.717) is 11.3 Å². The summed E-state index contributed by atoms with van der Waals surface area (Å²) in [6.07, 6.45) is 0. The zero-order valence-corrected chi connectivity index (χ0v) is 11.4. The highest BCUT2D eigenvalue weighted by Crippen LogP contribution is 2.32. The van der Waals surface area contributed by atoms with Gasteiger partial charge in [-0.2, -0.15) is 0 Å². The van der Waals surface area contributed by atoms with Gasteiger partial charge in [0.1, 0.15) is 11.6 Å². The molecule has 0 radical (unpaired) electrons. The molecule has 3 heteroatoms. The van der Waals surface area contributed by atoms with Gasteiger partial charge in [-0.3, -0.25) is 0 Å². The summed E-state index contributed by atoms with van der Waals surface area (Å²) in [6, 6.07) is 12.7. The van der Waals surface area contributed by atoms with Crippen LogP contribution in [0, 0.1) is 12.7 Å². The highest BCUT2D eigenvalue weighted by Gasteiger charge is 2.20. The van der Waals surface area contributed by atoms with Crippen LogP contribution in [0.3, 0.4) is 0 Å². The molecule has 19 heavy (non-hydrogen) atoms. The van der Waals surface area contributed by atoms with E-state index in [-0.39, 0.29) is 11.9 Å². The van der Waals surface area contributed by atoms with Gasteiger partial charge in [-0.1, -0.05) is 35.9 Å². The van der Waals surface area contributed by atoms with E-state index in [0.717, 1.165) is 11.1 Å². The number of aryl methyl sites for hydroxylation is 1. The molecule has 0 heterocycles. The Kier molecular flexibility index (Phi) is 4.17. The largest absolute Gasteiger partial charge is 0.496 e. The van der Waals surface area contributed by atoms with Crippen molar-refractivity contribution in [3.63, 3.8) is 0 Å². The third-order valence-electron chi connectivity index (χ3n) is 3.19. The summed E-state index contributed by atoms with van der Waals surface area (Å²) < 4.78 is 19.4. The number of hydrogen-bond donors (Lipinski definition) is 1. The Labute approximate surface area is 113 Å². The predicted molar refractivity (Wildman–Crippen MR) is 75.0 cm³/mol. The van der Waals surface area contributed by atoms with Crippen molar-refractivity contribution >= 4 is 0 Å². The molecule has 2 aromatic rings. The van der Waals surface area contributed by atoms with Gasteiger partial charge < -0.3 is 10.1 Å². The van der Waals surface area contributed by atoms with Gasteiger partial charge in [0.25, 0.3) is 0 Å². The lowest BCUT2D eigenvalue weighted by Gasteiger charge is -2.20. The van der Waals surface area contributed by atoms with Gasteiger partial charge in [0.15, 0.2) is 0 Å². The maximum absolute atomic E-state index is 14.1. The fourth-order valence-corrected chi connectivity index (χ4v) is 2.30. The second-order valence-electron chi connectivity index (χ2n) is 4.49. The summed E-state index contributed by atoms with van der Waals surface area (Å²) in [5.41, 5.74) is 2.71. The smallest absolute Gasteiger partial charge is 0.132 e. The van der Waals surface area contributed by atoms with Gasteiger partial charge in [-0.05, 0) is 31.7 Å². The molecule has 2 rings (SSSR count). The Morgan fingerprint density at radius 2 is 1.89 bits per heavy atom. The lowest BCUT2D eigenvalue weighted by atomic mass is 9.96. The summed E-state index contributed by atoms with van der Waals surface area (Å²) in [6.45, 7) is 2.02. The Balaban J connectivity index is 2.54. The minimum Gasteiger partial charge on any atom is -0.496 e. The van der Waals surface area contributed by atoms with Crippen molar-refractivity contribution in [3.8, 4) is 5.75 Å². The highest BCUT2D eigenvalue weighted by molar-refractivity contribution is 5.43. The van der Waals surface area contributed by atoms with E-state index in [4.69, 9.17) is 4.74 Å². The lowest BCUT2D eigenvalue weighted by molar-refractivity contribution is 0.398. The summed E-state index contributed by atoms with van der Waals surface area (Å²) in [5.74, 6) is 0.293. The standard InChI is InChI=1S/C16H18FNO/c1-11-6-4-7-12(10-11)16(18-2)15-13(17)8-5-9-14(15)19-3/h4-10,16,18H,1-3H3. The fourth-order valence-electron chi connectivity index (χ4n) is 2.30. The normalized spacial score (nSPS) is 12.2. The molecule has 0 bridgehead atoms. The Hall–Kier alpha value is -1.87. The monoisotopic (exact) mass is 259 g/mol. The molecule has 1 atom stereocenters. The molecule has 0 aromatic heterocycles. The molecule has 0 spiro atoms. The molecule has 0 aliphatic heterocycles. The number of rotatable bonds is 4. The van der Waals surface area contributed by atoms with Crippen LogP contribution in [0.1, 0.15) is 22.7 Å². The van der Waals surface area contributed by atoms with E-state index >= 15 is 0 Å². The first-order valence-electron chi connectivity index (χ1n) is 6.23. The van der Waals surface area contributed by atoms with Crippen molar-refractivity contribution in [1.82, 2.24) is 5.32 Å². The highest BCUT2D eigenvalue weighted by atomic mass is 19.1. The summed E-state index contributed by atoms with van der Waals surface area (Å²) in [4.78, 5) is 0. The molecule has 1 N–H and O–H groups in total. The van der Waals surface area contributed by atoms with Crippen molar-refractivity contribution in [2.75, 3.05) is 14.2 Å². The SMILES string of the molecule is CNC(c1cccc(C)c1)c1c(F)cccc1OC. The van der Waals surface area contributed by atoms with Gasteiger partial charge >= 0.3 is 0 Å². The average Bonchev–Trinajstić information content (AvgIpc) is 2.41. The van der Waals surface area contributed by atoms with Gasteiger partial charge in [0.2, 0.25) is 0 Å². The van der Waals surface area contributed by atoms with Crippen LogP contribution in [0.15, 0.2) is 42.5 Å². The average molecular weight is 259 g/mol. The number of nitrogens with one attached hydrogen (secondary N) is 1. The van der Waals surface area contributed by atoms with Gasteiger partial charge in [-0.25, -0.2) is 4.39 Å². The van der Waals surface area contributed by atoms with E-state index in [1.165, 1.54) is 6.07 Å². The molecule has 0 amide bonds. The number of benzene rings is 2. The van der Waals surface area contributed by atoms with Gasteiger partial charge in [0.05, 0.1) is 18.7 Å². The Bertz CT molecular complexity index is 568. The van der Waals surface area contributed by atoms with E-state index in [2.05, 4.69) is 5.32 Å². The van der Waals surface area contributed by atoms with Crippen LogP contribution in [-0.2, 0) is 0 Å². The first-order chi connectivity index (χ1) is 9.17. The summed E-state index contributed by atoms with van der Waals surface area (Å²) >= 11 is 0. The van der Waals surface area contributed by atoms with Crippen molar-refractivity contribution in [1.29, 1.82) is 0 Å². The first-order valence-corrected chi connectivity index (χ1v) is 6.23. The summed E-state index contributed by atoms with van der Waals surface area (Å²) in [5, 5.41) is 3.16. The molecular formula is C16H18FNO. The third-order valence-corrected chi connectivity index (χ3v) is 3.19. The van der Waals surface area contributed by atoms with Crippen molar-refractivity contribution in [2.45, 2.75) is 13.0 Å². The molecule has 0 saturated carbocycles. The van der Waals surface area contributed by atoms with E-state index in [9.17, 15) is 4.39 Å².